The van der Waals surface area contributed by atoms with Gasteiger partial charge in [-0.25, -0.2) is 0 Å². The maximum Gasteiger partial charge on any atom is 0.119 e. The van der Waals surface area contributed by atoms with E-state index in [-0.39, 0.29) is 0 Å². The predicted molar refractivity (Wildman–Crippen MR) is 80.7 cm³/mol. The van der Waals surface area contributed by atoms with Gasteiger partial charge in [0.05, 0.1) is 0 Å². The molecule has 0 aliphatic carbocycles. The van der Waals surface area contributed by atoms with Crippen molar-refractivity contribution in [1.29, 1.82) is 0 Å². The summed E-state index contributed by atoms with van der Waals surface area (Å²) in [7, 11) is 0. The van der Waals surface area contributed by atoms with Crippen LogP contribution in [0, 0.1) is 0 Å². The number of nitrogens with one attached hydrogen (secondary N) is 1. The molecule has 100 valence electrons. The Labute approximate surface area is 114 Å². The fraction of sp³-hybridized carbons (Fsp3) is 0.250. The summed E-state index contributed by atoms with van der Waals surface area (Å²) in [6, 6.07) is 15.9. The van der Waals surface area contributed by atoms with Gasteiger partial charge < -0.3 is 15.8 Å². The van der Waals surface area contributed by atoms with Crippen LogP contribution in [0.1, 0.15) is 12.5 Å². The highest BCUT2D eigenvalue weighted by Crippen LogP contribution is 2.13. The van der Waals surface area contributed by atoms with Crippen LogP contribution in [0.15, 0.2) is 48.5 Å². The lowest BCUT2D eigenvalue weighted by atomic mass is 10.2. The van der Waals surface area contributed by atoms with Gasteiger partial charge >= 0.3 is 0 Å². The minimum atomic E-state index is 0.635. The van der Waals surface area contributed by atoms with Crippen molar-refractivity contribution < 1.29 is 4.74 Å². The molecule has 0 radical (unpaired) electrons. The molecule has 3 nitrogen and oxygen atoms in total. The number of hydrogen-bond donors (Lipinski definition) is 2. The van der Waals surface area contributed by atoms with Gasteiger partial charge in [-0.15, -0.1) is 0 Å². The van der Waals surface area contributed by atoms with Crippen LogP contribution in [-0.4, -0.2) is 13.2 Å². The van der Waals surface area contributed by atoms with Gasteiger partial charge in [0.25, 0.3) is 0 Å². The fourth-order valence-electron chi connectivity index (χ4n) is 1.79. The standard InChI is InChI=1S/C16H20N2O/c1-2-13-3-9-16(10-4-13)19-12-11-18-15-7-5-14(17)6-8-15/h3-10,18H,2,11-12,17H2,1H3. The van der Waals surface area contributed by atoms with Crippen molar-refractivity contribution in [3.63, 3.8) is 0 Å². The molecule has 2 aromatic rings. The molecule has 0 fully saturated rings. The van der Waals surface area contributed by atoms with E-state index >= 15 is 0 Å². The third-order valence-electron chi connectivity index (χ3n) is 2.94. The van der Waals surface area contributed by atoms with Crippen molar-refractivity contribution in [2.75, 3.05) is 24.2 Å². The van der Waals surface area contributed by atoms with E-state index in [9.17, 15) is 0 Å². The molecule has 0 saturated carbocycles. The summed E-state index contributed by atoms with van der Waals surface area (Å²) in [5, 5.41) is 3.28. The molecule has 3 N–H and O–H groups in total. The van der Waals surface area contributed by atoms with Crippen molar-refractivity contribution in [1.82, 2.24) is 0 Å². The highest BCUT2D eigenvalue weighted by molar-refractivity contribution is 5.51. The molecule has 0 heterocycles. The second-order valence-corrected chi connectivity index (χ2v) is 4.39. The molecule has 0 atom stereocenters. The van der Waals surface area contributed by atoms with Gasteiger partial charge in [0.2, 0.25) is 0 Å². The largest absolute Gasteiger partial charge is 0.492 e. The third-order valence-corrected chi connectivity index (χ3v) is 2.94. The number of anilines is 2. The van der Waals surface area contributed by atoms with Crippen LogP contribution in [0.25, 0.3) is 0 Å². The zero-order chi connectivity index (χ0) is 13.5. The summed E-state index contributed by atoms with van der Waals surface area (Å²) in [5.74, 6) is 0.913. The number of ether oxygens (including phenoxy) is 1. The lowest BCUT2D eigenvalue weighted by Crippen LogP contribution is -2.11. The van der Waals surface area contributed by atoms with Crippen molar-refractivity contribution >= 4 is 11.4 Å². The first-order valence-corrected chi connectivity index (χ1v) is 6.59. The van der Waals surface area contributed by atoms with Crippen molar-refractivity contribution in [2.45, 2.75) is 13.3 Å². The SMILES string of the molecule is CCc1ccc(OCCNc2ccc(N)cc2)cc1. The Morgan fingerprint density at radius 3 is 2.32 bits per heavy atom. The Morgan fingerprint density at radius 1 is 1.00 bits per heavy atom. The number of nitrogen functional groups attached to an aromatic ring is 1. The Morgan fingerprint density at radius 2 is 1.68 bits per heavy atom. The Balaban J connectivity index is 1.72. The average Bonchev–Trinajstić information content (AvgIpc) is 2.46. The highest BCUT2D eigenvalue weighted by atomic mass is 16.5. The molecule has 0 saturated heterocycles. The third kappa shape index (κ3) is 4.21. The lowest BCUT2D eigenvalue weighted by molar-refractivity contribution is 0.333. The molecule has 19 heavy (non-hydrogen) atoms. The summed E-state index contributed by atoms with van der Waals surface area (Å²) < 4.78 is 5.66. The minimum Gasteiger partial charge on any atom is -0.492 e. The van der Waals surface area contributed by atoms with Crippen LogP contribution in [0.5, 0.6) is 5.75 Å². The summed E-state index contributed by atoms with van der Waals surface area (Å²) in [4.78, 5) is 0. The molecule has 0 spiro atoms. The molecule has 0 aliphatic heterocycles. The molecule has 0 bridgehead atoms. The molecule has 2 rings (SSSR count). The van der Waals surface area contributed by atoms with E-state index in [1.54, 1.807) is 0 Å². The highest BCUT2D eigenvalue weighted by Gasteiger charge is 1.95. The first-order valence-electron chi connectivity index (χ1n) is 6.59. The maximum absolute atomic E-state index is 5.66. The van der Waals surface area contributed by atoms with Gasteiger partial charge in [0.1, 0.15) is 12.4 Å². The molecule has 0 aromatic heterocycles. The number of aryl methyl sites for hydroxylation is 1. The summed E-state index contributed by atoms with van der Waals surface area (Å²) in [5.41, 5.74) is 8.79. The molecule has 2 aromatic carbocycles. The normalized spacial score (nSPS) is 10.2. The quantitative estimate of drug-likeness (QED) is 0.615. The smallest absolute Gasteiger partial charge is 0.119 e. The van der Waals surface area contributed by atoms with Crippen LogP contribution in [-0.2, 0) is 6.42 Å². The first kappa shape index (κ1) is 13.3. The molecular formula is C16H20N2O. The molecule has 0 unspecified atom stereocenters. The summed E-state index contributed by atoms with van der Waals surface area (Å²) in [6.45, 7) is 3.54. The van der Waals surface area contributed by atoms with Gasteiger partial charge in [0.15, 0.2) is 0 Å². The van der Waals surface area contributed by atoms with Crippen LogP contribution in [0.3, 0.4) is 0 Å². The molecule has 0 amide bonds. The average molecular weight is 256 g/mol. The van der Waals surface area contributed by atoms with Crippen LogP contribution in [0.4, 0.5) is 11.4 Å². The zero-order valence-corrected chi connectivity index (χ0v) is 11.2. The molecule has 3 heteroatoms. The van der Waals surface area contributed by atoms with Crippen molar-refractivity contribution in [3.8, 4) is 5.75 Å². The van der Waals surface area contributed by atoms with E-state index in [0.717, 1.165) is 30.1 Å². The van der Waals surface area contributed by atoms with Gasteiger partial charge in [-0.2, -0.15) is 0 Å². The van der Waals surface area contributed by atoms with Crippen LogP contribution in [0.2, 0.25) is 0 Å². The van der Waals surface area contributed by atoms with Gasteiger partial charge in [0, 0.05) is 17.9 Å². The fourth-order valence-corrected chi connectivity index (χ4v) is 1.79. The van der Waals surface area contributed by atoms with Crippen molar-refractivity contribution in [3.05, 3.63) is 54.1 Å². The van der Waals surface area contributed by atoms with Crippen LogP contribution >= 0.6 is 0 Å². The van der Waals surface area contributed by atoms with Gasteiger partial charge in [-0.1, -0.05) is 19.1 Å². The zero-order valence-electron chi connectivity index (χ0n) is 11.2. The topological polar surface area (TPSA) is 47.3 Å². The number of nitrogens with two attached hydrogens (primary N) is 1. The second-order valence-electron chi connectivity index (χ2n) is 4.39. The van der Waals surface area contributed by atoms with Gasteiger partial charge in [-0.05, 0) is 48.4 Å². The Bertz CT molecular complexity index is 491. The van der Waals surface area contributed by atoms with E-state index in [1.165, 1.54) is 5.56 Å². The lowest BCUT2D eigenvalue weighted by Gasteiger charge is -2.09. The monoisotopic (exact) mass is 256 g/mol. The minimum absolute atomic E-state index is 0.635. The van der Waals surface area contributed by atoms with Crippen LogP contribution < -0.4 is 15.8 Å². The maximum atomic E-state index is 5.66. The van der Waals surface area contributed by atoms with E-state index in [4.69, 9.17) is 10.5 Å². The van der Waals surface area contributed by atoms with E-state index in [2.05, 4.69) is 24.4 Å². The summed E-state index contributed by atoms with van der Waals surface area (Å²) in [6.07, 6.45) is 1.05. The number of rotatable bonds is 6. The molecule has 0 aliphatic rings. The Kier molecular flexibility index (Phi) is 4.67. The van der Waals surface area contributed by atoms with E-state index in [1.807, 2.05) is 36.4 Å². The number of hydrogen-bond acceptors (Lipinski definition) is 3. The van der Waals surface area contributed by atoms with Gasteiger partial charge in [-0.3, -0.25) is 0 Å². The molecular weight excluding hydrogens is 236 g/mol. The first-order chi connectivity index (χ1) is 9.28. The van der Waals surface area contributed by atoms with Crippen molar-refractivity contribution in [2.24, 2.45) is 0 Å². The second kappa shape index (κ2) is 6.69. The summed E-state index contributed by atoms with van der Waals surface area (Å²) >= 11 is 0. The number of benzene rings is 2. The van der Waals surface area contributed by atoms with E-state index in [0.29, 0.717) is 6.61 Å². The Hall–Kier alpha value is -2.16. The predicted octanol–water partition coefficient (Wildman–Crippen LogP) is 3.32. The van der Waals surface area contributed by atoms with E-state index < -0.39 is 0 Å².